The van der Waals surface area contributed by atoms with Crippen molar-refractivity contribution in [1.29, 1.82) is 0 Å². The summed E-state index contributed by atoms with van der Waals surface area (Å²) < 4.78 is 22.7. The van der Waals surface area contributed by atoms with Crippen LogP contribution in [-0.4, -0.2) is 50.2 Å². The third-order valence-corrected chi connectivity index (χ3v) is 4.81. The summed E-state index contributed by atoms with van der Waals surface area (Å²) in [6.07, 6.45) is 4.33. The van der Waals surface area contributed by atoms with Crippen LogP contribution in [0.3, 0.4) is 0 Å². The predicted molar refractivity (Wildman–Crippen MR) is 67.4 cm³/mol. The highest BCUT2D eigenvalue weighted by Gasteiger charge is 2.18. The minimum Gasteiger partial charge on any atom is -0.302 e. The van der Waals surface area contributed by atoms with Crippen LogP contribution in [0.2, 0.25) is 0 Å². The van der Waals surface area contributed by atoms with E-state index in [-0.39, 0.29) is 0 Å². The van der Waals surface area contributed by atoms with Gasteiger partial charge in [-0.15, -0.1) is 0 Å². The highest BCUT2D eigenvalue weighted by molar-refractivity contribution is 7.91. The zero-order valence-electron chi connectivity index (χ0n) is 9.19. The highest BCUT2D eigenvalue weighted by atomic mass is 32.2. The van der Waals surface area contributed by atoms with E-state index in [0.717, 1.165) is 38.2 Å². The Bertz CT molecular complexity index is 265. The molecule has 1 fully saturated rings. The van der Waals surface area contributed by atoms with E-state index in [2.05, 4.69) is 17.5 Å². The molecule has 0 aromatic carbocycles. The molecule has 0 unspecified atom stereocenters. The summed E-state index contributed by atoms with van der Waals surface area (Å²) in [5, 5.41) is 0. The summed E-state index contributed by atoms with van der Waals surface area (Å²) >= 11 is 4.17. The first-order chi connectivity index (χ1) is 7.14. The van der Waals surface area contributed by atoms with Gasteiger partial charge in [-0.2, -0.15) is 12.6 Å². The van der Waals surface area contributed by atoms with Gasteiger partial charge in [0.25, 0.3) is 0 Å². The Balaban J connectivity index is 2.20. The smallest absolute Gasteiger partial charge is 0.151 e. The monoisotopic (exact) mass is 251 g/mol. The molecule has 0 atom stereocenters. The zero-order chi connectivity index (χ0) is 11.1. The standard InChI is InChI=1S/C10H21NO2S2/c12-15(13)9-4-6-11(7-10-15)5-2-1-3-8-14/h14H,1-10H2. The number of thiol groups is 1. The van der Waals surface area contributed by atoms with Gasteiger partial charge in [0.1, 0.15) is 0 Å². The molecule has 1 aliphatic heterocycles. The quantitative estimate of drug-likeness (QED) is 0.589. The molecule has 0 bridgehead atoms. The van der Waals surface area contributed by atoms with Crippen molar-refractivity contribution in [2.45, 2.75) is 25.7 Å². The molecule has 0 radical (unpaired) electrons. The molecule has 0 saturated carbocycles. The molecule has 0 amide bonds. The maximum Gasteiger partial charge on any atom is 0.151 e. The second-order valence-corrected chi connectivity index (χ2v) is 6.88. The summed E-state index contributed by atoms with van der Waals surface area (Å²) in [7, 11) is -2.74. The molecule has 0 aromatic heterocycles. The summed E-state index contributed by atoms with van der Waals surface area (Å²) in [5.74, 6) is 1.67. The lowest BCUT2D eigenvalue weighted by Gasteiger charge is -2.18. The van der Waals surface area contributed by atoms with Crippen LogP contribution in [0.5, 0.6) is 0 Å². The fourth-order valence-electron chi connectivity index (χ4n) is 1.84. The predicted octanol–water partition coefficient (Wildman–Crippen LogP) is 1.21. The molecular formula is C10H21NO2S2. The Hall–Kier alpha value is 0.260. The average Bonchev–Trinajstić information content (AvgIpc) is 2.35. The van der Waals surface area contributed by atoms with Crippen molar-refractivity contribution in [1.82, 2.24) is 4.90 Å². The van der Waals surface area contributed by atoms with Gasteiger partial charge in [0.05, 0.1) is 11.5 Å². The molecular weight excluding hydrogens is 230 g/mol. The van der Waals surface area contributed by atoms with Crippen molar-refractivity contribution in [3.63, 3.8) is 0 Å². The van der Waals surface area contributed by atoms with Crippen LogP contribution >= 0.6 is 12.6 Å². The maximum absolute atomic E-state index is 11.4. The molecule has 3 nitrogen and oxygen atoms in total. The van der Waals surface area contributed by atoms with Crippen molar-refractivity contribution < 1.29 is 8.42 Å². The summed E-state index contributed by atoms with van der Waals surface area (Å²) in [6.45, 7) is 2.71. The van der Waals surface area contributed by atoms with Crippen molar-refractivity contribution in [3.8, 4) is 0 Å². The van der Waals surface area contributed by atoms with Gasteiger partial charge >= 0.3 is 0 Å². The van der Waals surface area contributed by atoms with E-state index in [1.807, 2.05) is 0 Å². The molecule has 5 heteroatoms. The van der Waals surface area contributed by atoms with E-state index in [1.165, 1.54) is 12.8 Å². The summed E-state index contributed by atoms with van der Waals surface area (Å²) in [5.41, 5.74) is 0. The molecule has 15 heavy (non-hydrogen) atoms. The first-order valence-corrected chi connectivity index (χ1v) is 8.13. The Labute approximate surface area is 98.6 Å². The van der Waals surface area contributed by atoms with E-state index in [0.29, 0.717) is 11.5 Å². The van der Waals surface area contributed by atoms with Gasteiger partial charge in [-0.25, -0.2) is 8.42 Å². The van der Waals surface area contributed by atoms with Crippen LogP contribution in [0.15, 0.2) is 0 Å². The van der Waals surface area contributed by atoms with Crippen LogP contribution < -0.4 is 0 Å². The van der Waals surface area contributed by atoms with Crippen LogP contribution in [0.4, 0.5) is 0 Å². The third-order valence-electron chi connectivity index (χ3n) is 2.78. The molecule has 0 spiro atoms. The molecule has 0 aromatic rings. The number of hydrogen-bond acceptors (Lipinski definition) is 4. The van der Waals surface area contributed by atoms with E-state index in [9.17, 15) is 8.42 Å². The van der Waals surface area contributed by atoms with Crippen molar-refractivity contribution in [3.05, 3.63) is 0 Å². The fourth-order valence-corrected chi connectivity index (χ4v) is 3.37. The van der Waals surface area contributed by atoms with Crippen molar-refractivity contribution in [2.24, 2.45) is 0 Å². The molecule has 90 valence electrons. The normalized spacial score (nSPS) is 22.5. The topological polar surface area (TPSA) is 37.4 Å². The van der Waals surface area contributed by atoms with Gasteiger partial charge in [-0.05, 0) is 38.1 Å². The molecule has 1 rings (SSSR count). The number of unbranched alkanes of at least 4 members (excludes halogenated alkanes) is 2. The first kappa shape index (κ1) is 13.3. The van der Waals surface area contributed by atoms with Crippen LogP contribution in [0.25, 0.3) is 0 Å². The van der Waals surface area contributed by atoms with E-state index >= 15 is 0 Å². The molecule has 1 heterocycles. The van der Waals surface area contributed by atoms with Gasteiger partial charge in [-0.1, -0.05) is 6.42 Å². The second kappa shape index (κ2) is 6.76. The lowest BCUT2D eigenvalue weighted by atomic mass is 10.2. The minimum absolute atomic E-state index is 0.347. The van der Waals surface area contributed by atoms with Crippen LogP contribution in [0.1, 0.15) is 25.7 Å². The first-order valence-electron chi connectivity index (χ1n) is 5.68. The Morgan fingerprint density at radius 2 is 1.87 bits per heavy atom. The van der Waals surface area contributed by atoms with E-state index in [4.69, 9.17) is 0 Å². The minimum atomic E-state index is -2.74. The van der Waals surface area contributed by atoms with Gasteiger partial charge in [0, 0.05) is 6.54 Å². The Morgan fingerprint density at radius 1 is 1.07 bits per heavy atom. The highest BCUT2D eigenvalue weighted by Crippen LogP contribution is 2.07. The fraction of sp³-hybridized carbons (Fsp3) is 1.00. The summed E-state index contributed by atoms with van der Waals surface area (Å²) in [4.78, 5) is 2.28. The van der Waals surface area contributed by atoms with Crippen molar-refractivity contribution >= 4 is 22.5 Å². The molecule has 1 aliphatic rings. The van der Waals surface area contributed by atoms with Gasteiger partial charge in [0.2, 0.25) is 0 Å². The molecule has 0 aliphatic carbocycles. The van der Waals surface area contributed by atoms with Gasteiger partial charge in [0.15, 0.2) is 9.84 Å². The average molecular weight is 251 g/mol. The lowest BCUT2D eigenvalue weighted by Crippen LogP contribution is -2.28. The van der Waals surface area contributed by atoms with Crippen LogP contribution in [0, 0.1) is 0 Å². The van der Waals surface area contributed by atoms with E-state index in [1.54, 1.807) is 0 Å². The maximum atomic E-state index is 11.4. The summed E-state index contributed by atoms with van der Waals surface area (Å²) in [6, 6.07) is 0. The SMILES string of the molecule is O=S1(=O)CCCN(CCCCCS)CC1. The van der Waals surface area contributed by atoms with Crippen LogP contribution in [-0.2, 0) is 9.84 Å². The number of hydrogen-bond donors (Lipinski definition) is 1. The lowest BCUT2D eigenvalue weighted by molar-refractivity contribution is 0.288. The number of rotatable bonds is 5. The van der Waals surface area contributed by atoms with Gasteiger partial charge in [-0.3, -0.25) is 0 Å². The zero-order valence-corrected chi connectivity index (χ0v) is 10.9. The van der Waals surface area contributed by atoms with Crippen molar-refractivity contribution in [2.75, 3.05) is 36.9 Å². The Kier molecular flexibility index (Phi) is 6.00. The molecule has 1 saturated heterocycles. The number of sulfone groups is 1. The number of nitrogens with zero attached hydrogens (tertiary/aromatic N) is 1. The van der Waals surface area contributed by atoms with Gasteiger partial charge < -0.3 is 4.90 Å². The Morgan fingerprint density at radius 3 is 2.60 bits per heavy atom. The molecule has 0 N–H and O–H groups in total. The second-order valence-electron chi connectivity index (χ2n) is 4.13. The third kappa shape index (κ3) is 5.78. The largest absolute Gasteiger partial charge is 0.302 e. The van der Waals surface area contributed by atoms with E-state index < -0.39 is 9.84 Å².